The lowest BCUT2D eigenvalue weighted by molar-refractivity contribution is -0.117. The highest BCUT2D eigenvalue weighted by atomic mass is 35.5. The van der Waals surface area contributed by atoms with Gasteiger partial charge in [0.1, 0.15) is 5.82 Å². The fourth-order valence-electron chi connectivity index (χ4n) is 0.985. The third-order valence-corrected chi connectivity index (χ3v) is 1.86. The van der Waals surface area contributed by atoms with E-state index >= 15 is 0 Å². The van der Waals surface area contributed by atoms with E-state index in [0.29, 0.717) is 10.6 Å². The van der Waals surface area contributed by atoms with Crippen molar-refractivity contribution >= 4 is 17.5 Å². The van der Waals surface area contributed by atoms with E-state index in [1.54, 1.807) is 12.1 Å². The molecule has 0 aliphatic heterocycles. The van der Waals surface area contributed by atoms with E-state index in [-0.39, 0.29) is 13.1 Å². The van der Waals surface area contributed by atoms with Gasteiger partial charge in [0.15, 0.2) is 0 Å². The maximum absolute atomic E-state index is 13.1. The Bertz CT molecular complexity index is 344. The minimum Gasteiger partial charge on any atom is -0.369 e. The molecule has 0 aliphatic rings. The molecular formula is C9H10ClFN2O. The Hall–Kier alpha value is -1.13. The molecular weight excluding hydrogens is 207 g/mol. The first-order chi connectivity index (χ1) is 6.59. The predicted octanol–water partition coefficient (Wildman–Crippen LogP) is 1.05. The number of hydrogen-bond acceptors (Lipinski definition) is 2. The van der Waals surface area contributed by atoms with Gasteiger partial charge >= 0.3 is 0 Å². The van der Waals surface area contributed by atoms with E-state index < -0.39 is 11.7 Å². The van der Waals surface area contributed by atoms with E-state index in [9.17, 15) is 9.18 Å². The molecule has 0 saturated carbocycles. The summed E-state index contributed by atoms with van der Waals surface area (Å²) in [5.74, 6) is -0.867. The zero-order valence-electron chi connectivity index (χ0n) is 7.39. The number of halogens is 2. The second-order valence-electron chi connectivity index (χ2n) is 2.81. The number of hydrogen-bond donors (Lipinski definition) is 2. The number of nitrogens with two attached hydrogens (primary N) is 1. The van der Waals surface area contributed by atoms with Gasteiger partial charge in [0.05, 0.1) is 6.54 Å². The molecule has 0 radical (unpaired) electrons. The van der Waals surface area contributed by atoms with Crippen molar-refractivity contribution in [3.8, 4) is 0 Å². The van der Waals surface area contributed by atoms with Gasteiger partial charge in [-0.3, -0.25) is 4.79 Å². The third-order valence-electron chi connectivity index (χ3n) is 1.63. The van der Waals surface area contributed by atoms with Gasteiger partial charge in [-0.2, -0.15) is 0 Å². The molecule has 1 rings (SSSR count). The quantitative estimate of drug-likeness (QED) is 0.791. The molecule has 3 nitrogen and oxygen atoms in total. The van der Waals surface area contributed by atoms with Crippen LogP contribution in [-0.4, -0.2) is 12.5 Å². The Morgan fingerprint density at radius 2 is 2.29 bits per heavy atom. The summed E-state index contributed by atoms with van der Waals surface area (Å²) in [6, 6.07) is 4.38. The summed E-state index contributed by atoms with van der Waals surface area (Å²) < 4.78 is 13.1. The Kier molecular flexibility index (Phi) is 3.85. The minimum atomic E-state index is -0.473. The van der Waals surface area contributed by atoms with Crippen LogP contribution in [0, 0.1) is 5.82 Å². The lowest BCUT2D eigenvalue weighted by Gasteiger charge is -2.04. The summed E-state index contributed by atoms with van der Waals surface area (Å²) in [7, 11) is 0. The molecule has 0 heterocycles. The highest BCUT2D eigenvalue weighted by Gasteiger charge is 2.02. The van der Waals surface area contributed by atoms with Crippen molar-refractivity contribution in [2.24, 2.45) is 5.73 Å². The first kappa shape index (κ1) is 10.9. The van der Waals surface area contributed by atoms with Gasteiger partial charge in [0.25, 0.3) is 0 Å². The number of nitrogens with one attached hydrogen (secondary N) is 1. The number of amides is 1. The Labute approximate surface area is 86.0 Å². The second kappa shape index (κ2) is 4.93. The van der Waals surface area contributed by atoms with Crippen LogP contribution in [0.1, 0.15) is 5.56 Å². The lowest BCUT2D eigenvalue weighted by Crippen LogP contribution is -2.28. The van der Waals surface area contributed by atoms with Crippen LogP contribution < -0.4 is 11.1 Å². The van der Waals surface area contributed by atoms with E-state index in [2.05, 4.69) is 5.32 Å². The molecule has 0 spiro atoms. The summed E-state index contributed by atoms with van der Waals surface area (Å²) >= 11 is 5.57. The van der Waals surface area contributed by atoms with Crippen LogP contribution in [0.15, 0.2) is 18.2 Å². The Balaban J connectivity index is 2.55. The van der Waals surface area contributed by atoms with Crippen LogP contribution in [0.5, 0.6) is 0 Å². The van der Waals surface area contributed by atoms with Gasteiger partial charge in [-0.05, 0) is 12.1 Å². The molecule has 14 heavy (non-hydrogen) atoms. The monoisotopic (exact) mass is 216 g/mol. The first-order valence-corrected chi connectivity index (χ1v) is 4.40. The Morgan fingerprint density at radius 1 is 1.57 bits per heavy atom. The van der Waals surface area contributed by atoms with Crippen molar-refractivity contribution < 1.29 is 9.18 Å². The van der Waals surface area contributed by atoms with Crippen molar-refractivity contribution in [1.82, 2.24) is 5.32 Å². The normalized spacial score (nSPS) is 10.1. The van der Waals surface area contributed by atoms with Gasteiger partial charge in [0.2, 0.25) is 5.91 Å². The van der Waals surface area contributed by atoms with Crippen LogP contribution >= 0.6 is 11.6 Å². The van der Waals surface area contributed by atoms with Gasteiger partial charge in [-0.15, -0.1) is 0 Å². The summed E-state index contributed by atoms with van der Waals surface area (Å²) in [5, 5.41) is 3.05. The van der Waals surface area contributed by atoms with Gasteiger partial charge < -0.3 is 11.1 Å². The SMILES string of the molecule is NC(=O)CNCc1ccc(Cl)cc1F. The van der Waals surface area contributed by atoms with Crippen LogP contribution in [0.3, 0.4) is 0 Å². The van der Waals surface area contributed by atoms with E-state index in [4.69, 9.17) is 17.3 Å². The molecule has 3 N–H and O–H groups in total. The molecule has 0 aromatic heterocycles. The average molecular weight is 217 g/mol. The largest absolute Gasteiger partial charge is 0.369 e. The molecule has 0 aliphatic carbocycles. The van der Waals surface area contributed by atoms with Crippen molar-refractivity contribution in [3.63, 3.8) is 0 Å². The van der Waals surface area contributed by atoms with Crippen molar-refractivity contribution in [3.05, 3.63) is 34.6 Å². The van der Waals surface area contributed by atoms with E-state index in [0.717, 1.165) is 0 Å². The summed E-state index contributed by atoms with van der Waals surface area (Å²) in [5.41, 5.74) is 5.36. The zero-order chi connectivity index (χ0) is 10.6. The highest BCUT2D eigenvalue weighted by Crippen LogP contribution is 2.14. The number of carbonyl (C=O) groups is 1. The second-order valence-corrected chi connectivity index (χ2v) is 3.24. The van der Waals surface area contributed by atoms with Crippen molar-refractivity contribution in [2.45, 2.75) is 6.54 Å². The predicted molar refractivity (Wildman–Crippen MR) is 52.3 cm³/mol. The fourth-order valence-corrected chi connectivity index (χ4v) is 1.14. The first-order valence-electron chi connectivity index (χ1n) is 4.02. The average Bonchev–Trinajstić information content (AvgIpc) is 2.08. The highest BCUT2D eigenvalue weighted by molar-refractivity contribution is 6.30. The fraction of sp³-hybridized carbons (Fsp3) is 0.222. The third kappa shape index (κ3) is 3.32. The number of primary amides is 1. The Morgan fingerprint density at radius 3 is 2.86 bits per heavy atom. The summed E-state index contributed by atoms with van der Waals surface area (Å²) in [4.78, 5) is 10.4. The number of benzene rings is 1. The molecule has 0 saturated heterocycles. The van der Waals surface area contributed by atoms with Gasteiger partial charge in [0, 0.05) is 17.1 Å². The molecule has 0 atom stereocenters. The van der Waals surface area contributed by atoms with E-state index in [1.165, 1.54) is 6.07 Å². The van der Waals surface area contributed by atoms with Crippen LogP contribution in [0.2, 0.25) is 5.02 Å². The van der Waals surface area contributed by atoms with E-state index in [1.807, 2.05) is 0 Å². The minimum absolute atomic E-state index is 0.0298. The summed E-state index contributed by atoms with van der Waals surface area (Å²) in [6.45, 7) is 0.286. The maximum atomic E-state index is 13.1. The zero-order valence-corrected chi connectivity index (χ0v) is 8.14. The molecule has 1 amide bonds. The number of rotatable bonds is 4. The van der Waals surface area contributed by atoms with Crippen LogP contribution in [-0.2, 0) is 11.3 Å². The van der Waals surface area contributed by atoms with Crippen molar-refractivity contribution in [2.75, 3.05) is 6.54 Å². The molecule has 5 heteroatoms. The maximum Gasteiger partial charge on any atom is 0.231 e. The number of carbonyl (C=O) groups excluding carboxylic acids is 1. The van der Waals surface area contributed by atoms with Crippen molar-refractivity contribution in [1.29, 1.82) is 0 Å². The van der Waals surface area contributed by atoms with Gasteiger partial charge in [-0.1, -0.05) is 17.7 Å². The van der Waals surface area contributed by atoms with Gasteiger partial charge in [-0.25, -0.2) is 4.39 Å². The molecule has 76 valence electrons. The lowest BCUT2D eigenvalue weighted by atomic mass is 10.2. The smallest absolute Gasteiger partial charge is 0.231 e. The summed E-state index contributed by atoms with van der Waals surface area (Å²) in [6.07, 6.45) is 0. The molecule has 0 fully saturated rings. The van der Waals surface area contributed by atoms with Crippen LogP contribution in [0.25, 0.3) is 0 Å². The molecule has 1 aromatic carbocycles. The molecule has 1 aromatic rings. The molecule has 0 unspecified atom stereocenters. The standard InChI is InChI=1S/C9H10ClFN2O/c10-7-2-1-6(8(11)3-7)4-13-5-9(12)14/h1-3,13H,4-5H2,(H2,12,14). The molecule has 0 bridgehead atoms. The topological polar surface area (TPSA) is 55.1 Å². The van der Waals surface area contributed by atoms with Crippen LogP contribution in [0.4, 0.5) is 4.39 Å².